The predicted octanol–water partition coefficient (Wildman–Crippen LogP) is 2.78. The highest BCUT2D eigenvalue weighted by Crippen LogP contribution is 2.36. The first-order valence-electron chi connectivity index (χ1n) is 13.1. The van der Waals surface area contributed by atoms with E-state index < -0.39 is 6.17 Å². The summed E-state index contributed by atoms with van der Waals surface area (Å²) in [6, 6.07) is 8.87. The Bertz CT molecular complexity index is 1390. The highest BCUT2D eigenvalue weighted by atomic mass is 19.1. The van der Waals surface area contributed by atoms with E-state index >= 15 is 0 Å². The molecule has 200 valence electrons. The van der Waals surface area contributed by atoms with Crippen LogP contribution >= 0.6 is 0 Å². The van der Waals surface area contributed by atoms with E-state index in [0.717, 1.165) is 31.1 Å². The summed E-state index contributed by atoms with van der Waals surface area (Å²) in [7, 11) is 1.62. The third-order valence-corrected chi connectivity index (χ3v) is 7.87. The summed E-state index contributed by atoms with van der Waals surface area (Å²) in [6.07, 6.45) is 9.08. The van der Waals surface area contributed by atoms with Crippen molar-refractivity contribution in [1.29, 1.82) is 5.26 Å². The molecular weight excluding hydrogens is 497 g/mol. The van der Waals surface area contributed by atoms with Gasteiger partial charge in [-0.05, 0) is 24.5 Å². The van der Waals surface area contributed by atoms with Gasteiger partial charge in [-0.2, -0.15) is 5.26 Å². The minimum Gasteiger partial charge on any atom is -0.481 e. The molecule has 7 rings (SSSR count). The lowest BCUT2D eigenvalue weighted by atomic mass is 9.87. The second-order valence-electron chi connectivity index (χ2n) is 10.2. The molecule has 7 heterocycles. The van der Waals surface area contributed by atoms with Crippen LogP contribution in [0.1, 0.15) is 24.1 Å². The van der Waals surface area contributed by atoms with E-state index in [1.54, 1.807) is 25.7 Å². The lowest BCUT2D eigenvalue weighted by molar-refractivity contribution is -0.00879. The Kier molecular flexibility index (Phi) is 6.70. The van der Waals surface area contributed by atoms with Gasteiger partial charge in [-0.3, -0.25) is 14.9 Å². The van der Waals surface area contributed by atoms with Gasteiger partial charge in [0.25, 0.3) is 0 Å². The molecule has 11 heteroatoms. The molecule has 4 saturated heterocycles. The van der Waals surface area contributed by atoms with Crippen molar-refractivity contribution in [3.05, 3.63) is 60.4 Å². The summed E-state index contributed by atoms with van der Waals surface area (Å²) in [5, 5.41) is 9.59. The van der Waals surface area contributed by atoms with Gasteiger partial charge in [0.15, 0.2) is 0 Å². The highest BCUT2D eigenvalue weighted by molar-refractivity contribution is 5.85. The third-order valence-electron chi connectivity index (χ3n) is 7.87. The zero-order valence-corrected chi connectivity index (χ0v) is 21.7. The maximum absolute atomic E-state index is 13.8. The van der Waals surface area contributed by atoms with Crippen molar-refractivity contribution >= 4 is 17.1 Å². The normalized spacial score (nSPS) is 22.9. The molecule has 10 nitrogen and oxygen atoms in total. The number of nitriles is 1. The average molecular weight is 528 g/mol. The number of aromatic nitrogens is 4. The monoisotopic (exact) mass is 527 g/mol. The van der Waals surface area contributed by atoms with Crippen molar-refractivity contribution in [3.63, 3.8) is 0 Å². The number of fused-ring (bicyclic) bond motifs is 2. The van der Waals surface area contributed by atoms with Crippen LogP contribution in [-0.2, 0) is 6.54 Å². The van der Waals surface area contributed by atoms with Gasteiger partial charge in [-0.25, -0.2) is 14.4 Å². The molecule has 0 aliphatic carbocycles. The number of piperazine rings is 1. The fraction of sp³-hybridized carbons (Fsp3) is 0.393. The first-order chi connectivity index (χ1) is 19.1. The number of anilines is 2. The number of hydrogen-bond acceptors (Lipinski definition) is 10. The molecule has 39 heavy (non-hydrogen) atoms. The summed E-state index contributed by atoms with van der Waals surface area (Å²) in [5.74, 6) is 1.44. The maximum Gasteiger partial charge on any atom is 0.212 e. The van der Waals surface area contributed by atoms with Gasteiger partial charge in [0.05, 0.1) is 48.3 Å². The Balaban J connectivity index is 1.19. The fourth-order valence-corrected chi connectivity index (χ4v) is 5.75. The van der Waals surface area contributed by atoms with Gasteiger partial charge in [0, 0.05) is 68.8 Å². The molecule has 3 atom stereocenters. The van der Waals surface area contributed by atoms with Gasteiger partial charge in [0.1, 0.15) is 18.1 Å². The summed E-state index contributed by atoms with van der Waals surface area (Å²) in [4.78, 5) is 25.1. The van der Waals surface area contributed by atoms with Crippen LogP contribution in [0.3, 0.4) is 0 Å². The van der Waals surface area contributed by atoms with Gasteiger partial charge < -0.3 is 20.3 Å². The standard InChI is InChI=1S/C28H30FN9O/c1-39-27-3-2-18(10-34-27)14-38-22-6-23(38)17-37(16-22)26-13-32-25(12-33-26)24-7-21(36-5-4-20(29)15-36)11-35-28(24)19(8-30)9-31/h2-3,7-8,10-13,20,22-23H,4-6,14-17,30H2,1H3/t20-,22?,23?/m0/s1. The Morgan fingerprint density at radius 1 is 1.10 bits per heavy atom. The zero-order chi connectivity index (χ0) is 26.9. The number of nitrogens with two attached hydrogens (primary N) is 1. The molecule has 0 amide bonds. The molecular formula is C28H30FN9O. The number of ether oxygens (including phenoxy) is 1. The van der Waals surface area contributed by atoms with Crippen LogP contribution in [-0.4, -0.2) is 76.4 Å². The number of rotatable bonds is 7. The van der Waals surface area contributed by atoms with E-state index in [4.69, 9.17) is 20.4 Å². The van der Waals surface area contributed by atoms with E-state index in [-0.39, 0.29) is 5.57 Å². The molecule has 2 unspecified atom stereocenters. The van der Waals surface area contributed by atoms with Gasteiger partial charge in [-0.15, -0.1) is 0 Å². The third kappa shape index (κ3) is 4.83. The zero-order valence-electron chi connectivity index (χ0n) is 21.7. The molecule has 3 aromatic rings. The molecule has 0 aromatic carbocycles. The van der Waals surface area contributed by atoms with Crippen LogP contribution in [0.2, 0.25) is 0 Å². The largest absolute Gasteiger partial charge is 0.481 e. The SMILES string of the molecule is COc1ccc(CN2C3CC2CN(c2cnc(-c4cc(N5CC[C@H](F)C5)cnc4C(C#N)=CN)cn2)C3)cn1. The smallest absolute Gasteiger partial charge is 0.212 e. The number of piperidine rings is 1. The minimum absolute atomic E-state index is 0.246. The second kappa shape index (κ2) is 10.5. The lowest BCUT2D eigenvalue weighted by Gasteiger charge is -2.56. The van der Waals surface area contributed by atoms with Crippen molar-refractivity contribution < 1.29 is 9.13 Å². The highest BCUT2D eigenvalue weighted by Gasteiger charge is 2.44. The van der Waals surface area contributed by atoms with Crippen molar-refractivity contribution in [2.24, 2.45) is 5.73 Å². The van der Waals surface area contributed by atoms with Gasteiger partial charge in [0.2, 0.25) is 5.88 Å². The second-order valence-corrected chi connectivity index (χ2v) is 10.2. The number of methoxy groups -OCH3 is 1. The van der Waals surface area contributed by atoms with Crippen LogP contribution in [0, 0.1) is 11.3 Å². The van der Waals surface area contributed by atoms with Crippen molar-refractivity contribution in [2.75, 3.05) is 43.1 Å². The first-order valence-corrected chi connectivity index (χ1v) is 13.1. The molecule has 2 bridgehead atoms. The Morgan fingerprint density at radius 2 is 1.95 bits per heavy atom. The van der Waals surface area contributed by atoms with Crippen LogP contribution in [0.4, 0.5) is 15.9 Å². The molecule has 4 aliphatic rings. The van der Waals surface area contributed by atoms with Crippen LogP contribution in [0.15, 0.2) is 49.2 Å². The van der Waals surface area contributed by atoms with E-state index in [9.17, 15) is 9.65 Å². The van der Waals surface area contributed by atoms with Crippen molar-refractivity contribution in [1.82, 2.24) is 24.8 Å². The molecule has 4 aliphatic heterocycles. The van der Waals surface area contributed by atoms with Gasteiger partial charge >= 0.3 is 0 Å². The number of pyridine rings is 2. The Labute approximate surface area is 226 Å². The quantitative estimate of drug-likeness (QED) is 0.459. The van der Waals surface area contributed by atoms with E-state index in [1.165, 1.54) is 18.2 Å². The molecule has 4 fully saturated rings. The number of allylic oxidation sites excluding steroid dienone is 1. The van der Waals surface area contributed by atoms with E-state index in [2.05, 4.69) is 31.9 Å². The maximum atomic E-state index is 13.8. The molecule has 0 spiro atoms. The summed E-state index contributed by atoms with van der Waals surface area (Å²) >= 11 is 0. The number of alkyl halides is 1. The molecule has 2 N–H and O–H groups in total. The van der Waals surface area contributed by atoms with Crippen LogP contribution in [0.25, 0.3) is 16.8 Å². The number of halogens is 1. The molecule has 0 radical (unpaired) electrons. The van der Waals surface area contributed by atoms with Crippen molar-refractivity contribution in [2.45, 2.75) is 37.6 Å². The summed E-state index contributed by atoms with van der Waals surface area (Å²) in [5.41, 5.74) is 9.59. The lowest BCUT2D eigenvalue weighted by Crippen LogP contribution is -2.68. The van der Waals surface area contributed by atoms with Crippen molar-refractivity contribution in [3.8, 4) is 23.2 Å². The summed E-state index contributed by atoms with van der Waals surface area (Å²) < 4.78 is 19.0. The summed E-state index contributed by atoms with van der Waals surface area (Å²) in [6.45, 7) is 3.57. The number of hydrogen-bond donors (Lipinski definition) is 1. The van der Waals surface area contributed by atoms with E-state index in [1.807, 2.05) is 23.2 Å². The topological polar surface area (TPSA) is 120 Å². The predicted molar refractivity (Wildman–Crippen MR) is 146 cm³/mol. The first kappa shape index (κ1) is 25.0. The molecule has 0 saturated carbocycles. The Hall–Kier alpha value is -4.30. The van der Waals surface area contributed by atoms with Crippen LogP contribution in [0.5, 0.6) is 5.88 Å². The number of nitrogens with zero attached hydrogens (tertiary/aromatic N) is 8. The van der Waals surface area contributed by atoms with Gasteiger partial charge in [-0.1, -0.05) is 6.07 Å². The Morgan fingerprint density at radius 3 is 2.56 bits per heavy atom. The average Bonchev–Trinajstić information content (AvgIpc) is 3.43. The van der Waals surface area contributed by atoms with Crippen LogP contribution < -0.4 is 20.3 Å². The molecule has 3 aromatic heterocycles. The fourth-order valence-electron chi connectivity index (χ4n) is 5.75. The van der Waals surface area contributed by atoms with E-state index in [0.29, 0.717) is 54.4 Å². The minimum atomic E-state index is -0.856.